The standard InChI is InChI=1S/C15H15F3N2O/c1-21-14-13(3-2-9-20-14)19-10-8-11-4-6-12(7-5-11)15(16,17)18/h2-7,9,19H,8,10H2,1H3. The van der Waals surface area contributed by atoms with Gasteiger partial charge in [-0.1, -0.05) is 12.1 Å². The van der Waals surface area contributed by atoms with E-state index in [1.165, 1.54) is 19.2 Å². The average molecular weight is 296 g/mol. The van der Waals surface area contributed by atoms with Crippen LogP contribution in [0.1, 0.15) is 11.1 Å². The van der Waals surface area contributed by atoms with Gasteiger partial charge in [0.25, 0.3) is 0 Å². The third kappa shape index (κ3) is 4.11. The van der Waals surface area contributed by atoms with Crippen molar-refractivity contribution in [2.24, 2.45) is 0 Å². The molecule has 0 aliphatic heterocycles. The quantitative estimate of drug-likeness (QED) is 0.912. The number of nitrogens with zero attached hydrogens (tertiary/aromatic N) is 1. The smallest absolute Gasteiger partial charge is 0.416 e. The van der Waals surface area contributed by atoms with Gasteiger partial charge in [0.2, 0.25) is 5.88 Å². The first-order chi connectivity index (χ1) is 10.0. The van der Waals surface area contributed by atoms with Crippen LogP contribution in [0.25, 0.3) is 0 Å². The minimum absolute atomic E-state index is 0.491. The van der Waals surface area contributed by atoms with Crippen LogP contribution in [0.4, 0.5) is 18.9 Å². The maximum Gasteiger partial charge on any atom is 0.416 e. The lowest BCUT2D eigenvalue weighted by molar-refractivity contribution is -0.137. The lowest BCUT2D eigenvalue weighted by atomic mass is 10.1. The Kier molecular flexibility index (Phi) is 4.67. The van der Waals surface area contributed by atoms with E-state index in [1.807, 2.05) is 6.07 Å². The number of benzene rings is 1. The van der Waals surface area contributed by atoms with E-state index in [2.05, 4.69) is 10.3 Å². The highest BCUT2D eigenvalue weighted by atomic mass is 19.4. The van der Waals surface area contributed by atoms with Gasteiger partial charge in [-0.25, -0.2) is 4.98 Å². The number of hydrogen-bond acceptors (Lipinski definition) is 3. The van der Waals surface area contributed by atoms with Crippen molar-refractivity contribution in [3.63, 3.8) is 0 Å². The lowest BCUT2D eigenvalue weighted by Crippen LogP contribution is -2.08. The number of methoxy groups -OCH3 is 1. The van der Waals surface area contributed by atoms with Crippen molar-refractivity contribution in [1.29, 1.82) is 0 Å². The molecule has 0 aliphatic rings. The number of nitrogens with one attached hydrogen (secondary N) is 1. The Hall–Kier alpha value is -2.24. The second kappa shape index (κ2) is 6.47. The number of alkyl halides is 3. The van der Waals surface area contributed by atoms with E-state index in [9.17, 15) is 13.2 Å². The lowest BCUT2D eigenvalue weighted by Gasteiger charge is -2.10. The minimum Gasteiger partial charge on any atom is -0.480 e. The molecular weight excluding hydrogens is 281 g/mol. The molecule has 21 heavy (non-hydrogen) atoms. The average Bonchev–Trinajstić information content (AvgIpc) is 2.47. The second-order valence-electron chi connectivity index (χ2n) is 4.43. The molecule has 0 fully saturated rings. The molecule has 0 spiro atoms. The molecule has 3 nitrogen and oxygen atoms in total. The molecule has 2 aromatic rings. The minimum atomic E-state index is -4.29. The largest absolute Gasteiger partial charge is 0.480 e. The first kappa shape index (κ1) is 15.2. The normalized spacial score (nSPS) is 11.2. The van der Waals surface area contributed by atoms with Gasteiger partial charge >= 0.3 is 6.18 Å². The molecule has 0 atom stereocenters. The van der Waals surface area contributed by atoms with E-state index in [1.54, 1.807) is 12.3 Å². The summed E-state index contributed by atoms with van der Waals surface area (Å²) in [6, 6.07) is 8.79. The topological polar surface area (TPSA) is 34.1 Å². The summed E-state index contributed by atoms with van der Waals surface area (Å²) in [5.41, 5.74) is 0.957. The molecule has 0 saturated heterocycles. The fraction of sp³-hybridized carbons (Fsp3) is 0.267. The van der Waals surface area contributed by atoms with Crippen LogP contribution in [0, 0.1) is 0 Å². The van der Waals surface area contributed by atoms with Crippen molar-refractivity contribution < 1.29 is 17.9 Å². The summed E-state index contributed by atoms with van der Waals surface area (Å²) < 4.78 is 42.4. The van der Waals surface area contributed by atoms with Gasteiger partial charge in [-0.05, 0) is 36.2 Å². The van der Waals surface area contributed by atoms with Crippen molar-refractivity contribution in [2.75, 3.05) is 19.0 Å². The summed E-state index contributed by atoms with van der Waals surface area (Å²) >= 11 is 0. The van der Waals surface area contributed by atoms with Crippen LogP contribution in [0.15, 0.2) is 42.6 Å². The van der Waals surface area contributed by atoms with Gasteiger partial charge in [-0.3, -0.25) is 0 Å². The van der Waals surface area contributed by atoms with Crippen LogP contribution < -0.4 is 10.1 Å². The van der Waals surface area contributed by atoms with E-state index in [4.69, 9.17) is 4.74 Å². The summed E-state index contributed by atoms with van der Waals surface area (Å²) in [6.45, 7) is 0.577. The predicted octanol–water partition coefficient (Wildman–Crippen LogP) is 3.76. The Morgan fingerprint density at radius 1 is 1.14 bits per heavy atom. The summed E-state index contributed by atoms with van der Waals surface area (Å²) in [5, 5.41) is 3.15. The molecule has 0 amide bonds. The first-order valence-corrected chi connectivity index (χ1v) is 6.39. The van der Waals surface area contributed by atoms with Crippen LogP contribution in [0.2, 0.25) is 0 Å². The van der Waals surface area contributed by atoms with Gasteiger partial charge in [0.15, 0.2) is 0 Å². The van der Waals surface area contributed by atoms with E-state index in [-0.39, 0.29) is 0 Å². The zero-order chi connectivity index (χ0) is 15.3. The number of pyridine rings is 1. The molecule has 0 radical (unpaired) electrons. The molecule has 1 aromatic carbocycles. The highest BCUT2D eigenvalue weighted by molar-refractivity contribution is 5.52. The Morgan fingerprint density at radius 3 is 2.48 bits per heavy atom. The molecule has 2 rings (SSSR count). The fourth-order valence-electron chi connectivity index (χ4n) is 1.89. The van der Waals surface area contributed by atoms with E-state index >= 15 is 0 Å². The molecule has 0 aliphatic carbocycles. The third-order valence-corrected chi connectivity index (χ3v) is 2.97. The Bertz CT molecular complexity index is 582. The molecule has 1 N–H and O–H groups in total. The Labute approximate surface area is 120 Å². The Morgan fingerprint density at radius 2 is 1.86 bits per heavy atom. The number of hydrogen-bond donors (Lipinski definition) is 1. The van der Waals surface area contributed by atoms with E-state index in [0.717, 1.165) is 23.4 Å². The number of rotatable bonds is 5. The molecular formula is C15H15F3N2O. The van der Waals surface area contributed by atoms with Crippen molar-refractivity contribution in [3.8, 4) is 5.88 Å². The molecule has 0 saturated carbocycles. The second-order valence-corrected chi connectivity index (χ2v) is 4.43. The summed E-state index contributed by atoms with van der Waals surface area (Å²) in [4.78, 5) is 4.05. The van der Waals surface area contributed by atoms with Crippen LogP contribution in [-0.2, 0) is 12.6 Å². The zero-order valence-electron chi connectivity index (χ0n) is 11.4. The number of halogens is 3. The van der Waals surface area contributed by atoms with E-state index < -0.39 is 11.7 Å². The molecule has 1 heterocycles. The number of aromatic nitrogens is 1. The van der Waals surface area contributed by atoms with Crippen LogP contribution >= 0.6 is 0 Å². The van der Waals surface area contributed by atoms with Crippen molar-refractivity contribution in [3.05, 3.63) is 53.7 Å². The Balaban J connectivity index is 1.92. The molecule has 1 aromatic heterocycles. The van der Waals surface area contributed by atoms with Gasteiger partial charge in [-0.15, -0.1) is 0 Å². The van der Waals surface area contributed by atoms with Crippen molar-refractivity contribution in [1.82, 2.24) is 4.98 Å². The van der Waals surface area contributed by atoms with Crippen LogP contribution in [0.5, 0.6) is 5.88 Å². The van der Waals surface area contributed by atoms with Gasteiger partial charge in [0.05, 0.1) is 18.4 Å². The van der Waals surface area contributed by atoms with Crippen LogP contribution in [0.3, 0.4) is 0 Å². The van der Waals surface area contributed by atoms with Crippen LogP contribution in [-0.4, -0.2) is 18.6 Å². The molecule has 0 unspecified atom stereocenters. The number of anilines is 1. The number of ether oxygens (including phenoxy) is 1. The summed E-state index contributed by atoms with van der Waals surface area (Å²) in [5.74, 6) is 0.491. The molecule has 0 bridgehead atoms. The van der Waals surface area contributed by atoms with Gasteiger partial charge < -0.3 is 10.1 Å². The van der Waals surface area contributed by atoms with Crippen molar-refractivity contribution >= 4 is 5.69 Å². The zero-order valence-corrected chi connectivity index (χ0v) is 11.4. The van der Waals surface area contributed by atoms with Crippen molar-refractivity contribution in [2.45, 2.75) is 12.6 Å². The highest BCUT2D eigenvalue weighted by Crippen LogP contribution is 2.29. The van der Waals surface area contributed by atoms with Gasteiger partial charge in [0.1, 0.15) is 0 Å². The van der Waals surface area contributed by atoms with E-state index in [0.29, 0.717) is 18.8 Å². The fourth-order valence-corrected chi connectivity index (χ4v) is 1.89. The monoisotopic (exact) mass is 296 g/mol. The maximum atomic E-state index is 12.4. The summed E-state index contributed by atoms with van der Waals surface area (Å²) in [7, 11) is 1.53. The van der Waals surface area contributed by atoms with Gasteiger partial charge in [-0.2, -0.15) is 13.2 Å². The maximum absolute atomic E-state index is 12.4. The SMILES string of the molecule is COc1ncccc1NCCc1ccc(C(F)(F)F)cc1. The third-order valence-electron chi connectivity index (χ3n) is 2.97. The molecule has 6 heteroatoms. The molecule has 112 valence electrons. The highest BCUT2D eigenvalue weighted by Gasteiger charge is 2.29. The van der Waals surface area contributed by atoms with Gasteiger partial charge in [0, 0.05) is 12.7 Å². The summed E-state index contributed by atoms with van der Waals surface area (Å²) in [6.07, 6.45) is -2.06. The first-order valence-electron chi connectivity index (χ1n) is 6.39. The predicted molar refractivity (Wildman–Crippen MR) is 74.4 cm³/mol.